The van der Waals surface area contributed by atoms with Gasteiger partial charge >= 0.3 is 0 Å². The van der Waals surface area contributed by atoms with Crippen LogP contribution in [0.25, 0.3) is 0 Å². The molecule has 0 aromatic carbocycles. The minimum atomic E-state index is -1.49. The summed E-state index contributed by atoms with van der Waals surface area (Å²) >= 11 is 0. The van der Waals surface area contributed by atoms with Crippen molar-refractivity contribution in [1.29, 1.82) is 0 Å². The maximum absolute atomic E-state index is 9.95. The number of rotatable bonds is 13. The largest absolute Gasteiger partial charge is 0.394 e. The molecule has 142 valence electrons. The predicted octanol–water partition coefficient (Wildman–Crippen LogP) is 0.346. The van der Waals surface area contributed by atoms with Gasteiger partial charge in [0.05, 0.1) is 19.8 Å². The molecule has 1 saturated heterocycles. The molecule has 0 aliphatic carbocycles. The summed E-state index contributed by atoms with van der Waals surface area (Å²) in [5.41, 5.74) is 0. The second-order valence-electron chi connectivity index (χ2n) is 6.02. The lowest BCUT2D eigenvalue weighted by atomic mass is 9.99. The van der Waals surface area contributed by atoms with E-state index in [1.165, 1.54) is 19.3 Å². The van der Waals surface area contributed by atoms with Crippen molar-refractivity contribution in [2.75, 3.05) is 26.4 Å². The first-order chi connectivity index (χ1) is 11.6. The first kappa shape index (κ1) is 21.5. The van der Waals surface area contributed by atoms with Crippen molar-refractivity contribution < 1.29 is 34.6 Å². The quantitative estimate of drug-likeness (QED) is 0.281. The standard InChI is InChI=1S/C17H32O7/c1-2-3-4-5-6-7-8-9-22-10-11-23-16-14(19)13(12-18)24-17(21)15(16)20/h2,13-21H,1,3-12H2/t13-,14-,15-,16+,17?/m1/s1. The van der Waals surface area contributed by atoms with E-state index in [1.807, 2.05) is 6.08 Å². The number of aliphatic hydroxyl groups excluding tert-OH is 4. The van der Waals surface area contributed by atoms with Gasteiger partial charge in [-0.2, -0.15) is 0 Å². The van der Waals surface area contributed by atoms with Crippen LogP contribution in [0.2, 0.25) is 0 Å². The van der Waals surface area contributed by atoms with Gasteiger partial charge in [-0.3, -0.25) is 0 Å². The van der Waals surface area contributed by atoms with E-state index in [-0.39, 0.29) is 6.61 Å². The molecule has 1 aliphatic rings. The van der Waals surface area contributed by atoms with Gasteiger partial charge in [0.2, 0.25) is 0 Å². The number of hydrogen-bond acceptors (Lipinski definition) is 7. The molecule has 0 spiro atoms. The van der Waals surface area contributed by atoms with E-state index in [1.54, 1.807) is 0 Å². The fourth-order valence-electron chi connectivity index (χ4n) is 2.63. The minimum Gasteiger partial charge on any atom is -0.394 e. The van der Waals surface area contributed by atoms with Crippen LogP contribution in [0, 0.1) is 0 Å². The van der Waals surface area contributed by atoms with Crippen LogP contribution >= 0.6 is 0 Å². The fourth-order valence-corrected chi connectivity index (χ4v) is 2.63. The second kappa shape index (κ2) is 12.8. The number of aliphatic hydroxyl groups is 4. The summed E-state index contributed by atoms with van der Waals surface area (Å²) in [6.07, 6.45) is 2.67. The summed E-state index contributed by atoms with van der Waals surface area (Å²) in [6, 6.07) is 0. The van der Waals surface area contributed by atoms with Crippen molar-refractivity contribution in [2.45, 2.75) is 69.2 Å². The Kier molecular flexibility index (Phi) is 11.4. The van der Waals surface area contributed by atoms with Gasteiger partial charge in [0.15, 0.2) is 6.29 Å². The van der Waals surface area contributed by atoms with E-state index in [0.717, 1.165) is 19.3 Å². The van der Waals surface area contributed by atoms with Gasteiger partial charge in [0, 0.05) is 6.61 Å². The fraction of sp³-hybridized carbons (Fsp3) is 0.882. The Hall–Kier alpha value is -0.540. The highest BCUT2D eigenvalue weighted by Crippen LogP contribution is 2.22. The van der Waals surface area contributed by atoms with Gasteiger partial charge in [-0.25, -0.2) is 0 Å². The minimum absolute atomic E-state index is 0.184. The molecule has 7 nitrogen and oxygen atoms in total. The summed E-state index contributed by atoms with van der Waals surface area (Å²) in [6.45, 7) is 4.40. The molecule has 0 saturated carbocycles. The lowest BCUT2D eigenvalue weighted by molar-refractivity contribution is -0.295. The third-order valence-electron chi connectivity index (χ3n) is 4.08. The monoisotopic (exact) mass is 348 g/mol. The lowest BCUT2D eigenvalue weighted by Crippen LogP contribution is -2.59. The predicted molar refractivity (Wildman–Crippen MR) is 88.4 cm³/mol. The van der Waals surface area contributed by atoms with Gasteiger partial charge in [-0.15, -0.1) is 6.58 Å². The molecular weight excluding hydrogens is 316 g/mol. The Balaban J connectivity index is 2.06. The first-order valence-electron chi connectivity index (χ1n) is 8.72. The number of allylic oxidation sites excluding steroid dienone is 1. The molecule has 7 heteroatoms. The lowest BCUT2D eigenvalue weighted by Gasteiger charge is -2.39. The van der Waals surface area contributed by atoms with Crippen LogP contribution in [0.1, 0.15) is 38.5 Å². The van der Waals surface area contributed by atoms with Crippen LogP contribution in [-0.4, -0.2) is 77.6 Å². The molecule has 0 aromatic rings. The maximum atomic E-state index is 9.95. The average molecular weight is 348 g/mol. The Morgan fingerprint density at radius 2 is 1.62 bits per heavy atom. The molecule has 1 heterocycles. The van der Waals surface area contributed by atoms with Gasteiger partial charge in [-0.1, -0.05) is 25.3 Å². The van der Waals surface area contributed by atoms with Crippen LogP contribution in [-0.2, 0) is 14.2 Å². The van der Waals surface area contributed by atoms with Crippen molar-refractivity contribution in [1.82, 2.24) is 0 Å². The van der Waals surface area contributed by atoms with Crippen molar-refractivity contribution >= 4 is 0 Å². The normalized spacial score (nSPS) is 30.4. The molecule has 0 amide bonds. The summed E-state index contributed by atoms with van der Waals surface area (Å²) in [7, 11) is 0. The third kappa shape index (κ3) is 7.57. The zero-order valence-corrected chi connectivity index (χ0v) is 14.3. The Labute approximate surface area is 143 Å². The third-order valence-corrected chi connectivity index (χ3v) is 4.08. The average Bonchev–Trinajstić information content (AvgIpc) is 2.58. The highest BCUT2D eigenvalue weighted by Gasteiger charge is 2.44. The van der Waals surface area contributed by atoms with Crippen molar-refractivity contribution in [2.24, 2.45) is 0 Å². The molecule has 1 rings (SSSR count). The Morgan fingerprint density at radius 3 is 2.33 bits per heavy atom. The maximum Gasteiger partial charge on any atom is 0.184 e. The summed E-state index contributed by atoms with van der Waals surface area (Å²) in [4.78, 5) is 0. The van der Waals surface area contributed by atoms with Crippen LogP contribution in [0.5, 0.6) is 0 Å². The first-order valence-corrected chi connectivity index (χ1v) is 8.72. The van der Waals surface area contributed by atoms with Crippen LogP contribution in [0.3, 0.4) is 0 Å². The van der Waals surface area contributed by atoms with Gasteiger partial charge in [0.1, 0.15) is 24.4 Å². The van der Waals surface area contributed by atoms with E-state index >= 15 is 0 Å². The van der Waals surface area contributed by atoms with E-state index in [2.05, 4.69) is 6.58 Å². The highest BCUT2D eigenvalue weighted by molar-refractivity contribution is 4.89. The van der Waals surface area contributed by atoms with Crippen LogP contribution < -0.4 is 0 Å². The van der Waals surface area contributed by atoms with E-state index in [4.69, 9.17) is 19.3 Å². The SMILES string of the molecule is C=CCCCCCCCOCCO[C@H]1[C@H](O)[C@@H](CO)OC(O)[C@@H]1O. The molecular formula is C17H32O7. The smallest absolute Gasteiger partial charge is 0.184 e. The van der Waals surface area contributed by atoms with Gasteiger partial charge in [-0.05, 0) is 19.3 Å². The summed E-state index contributed by atoms with van der Waals surface area (Å²) in [5.74, 6) is 0. The van der Waals surface area contributed by atoms with Crippen LogP contribution in [0.15, 0.2) is 12.7 Å². The van der Waals surface area contributed by atoms with Crippen LogP contribution in [0.4, 0.5) is 0 Å². The van der Waals surface area contributed by atoms with E-state index in [9.17, 15) is 15.3 Å². The molecule has 0 aromatic heterocycles. The topological polar surface area (TPSA) is 109 Å². The molecule has 1 aliphatic heterocycles. The van der Waals surface area contributed by atoms with Gasteiger partial charge < -0.3 is 34.6 Å². The Bertz CT molecular complexity index is 326. The van der Waals surface area contributed by atoms with Gasteiger partial charge in [0.25, 0.3) is 0 Å². The molecule has 0 bridgehead atoms. The van der Waals surface area contributed by atoms with E-state index in [0.29, 0.717) is 13.2 Å². The molecule has 4 N–H and O–H groups in total. The molecule has 1 unspecified atom stereocenters. The molecule has 0 radical (unpaired) electrons. The summed E-state index contributed by atoms with van der Waals surface area (Å²) in [5, 5.41) is 38.4. The number of ether oxygens (including phenoxy) is 3. The number of hydrogen-bond donors (Lipinski definition) is 4. The highest BCUT2D eigenvalue weighted by atomic mass is 16.6. The zero-order chi connectivity index (χ0) is 17.8. The summed E-state index contributed by atoms with van der Waals surface area (Å²) < 4.78 is 15.7. The Morgan fingerprint density at radius 1 is 0.917 bits per heavy atom. The second-order valence-corrected chi connectivity index (χ2v) is 6.02. The molecule has 24 heavy (non-hydrogen) atoms. The van der Waals surface area contributed by atoms with Crippen molar-refractivity contribution in [3.63, 3.8) is 0 Å². The van der Waals surface area contributed by atoms with Crippen molar-refractivity contribution in [3.8, 4) is 0 Å². The van der Waals surface area contributed by atoms with Crippen molar-refractivity contribution in [3.05, 3.63) is 12.7 Å². The molecule has 5 atom stereocenters. The number of unbranched alkanes of at least 4 members (excludes halogenated alkanes) is 5. The zero-order valence-electron chi connectivity index (χ0n) is 14.3. The molecule has 1 fully saturated rings. The van der Waals surface area contributed by atoms with E-state index < -0.39 is 37.3 Å².